The Kier molecular flexibility index (Phi) is 5.47. The quantitative estimate of drug-likeness (QED) is 0.436. The highest BCUT2D eigenvalue weighted by atomic mass is 32.2. The van der Waals surface area contributed by atoms with E-state index in [2.05, 4.69) is 10.3 Å². The van der Waals surface area contributed by atoms with Crippen molar-refractivity contribution in [2.75, 3.05) is 18.2 Å². The highest BCUT2D eigenvalue weighted by Gasteiger charge is 2.31. The van der Waals surface area contributed by atoms with Gasteiger partial charge in [-0.05, 0) is 35.4 Å². The van der Waals surface area contributed by atoms with Gasteiger partial charge in [0.1, 0.15) is 17.2 Å². The van der Waals surface area contributed by atoms with Gasteiger partial charge < -0.3 is 19.8 Å². The summed E-state index contributed by atoms with van der Waals surface area (Å²) in [5.74, 6) is -2.43. The summed E-state index contributed by atoms with van der Waals surface area (Å²) in [6.07, 6.45) is 4.35. The van der Waals surface area contributed by atoms with Crippen LogP contribution in [0.5, 0.6) is 0 Å². The molecular formula is C25H22F2N4O4S. The summed E-state index contributed by atoms with van der Waals surface area (Å²) in [6, 6.07) is 6.27. The van der Waals surface area contributed by atoms with Crippen molar-refractivity contribution in [3.63, 3.8) is 0 Å². The summed E-state index contributed by atoms with van der Waals surface area (Å²) in [5, 5.41) is 3.15. The lowest BCUT2D eigenvalue weighted by atomic mass is 9.95. The van der Waals surface area contributed by atoms with Crippen LogP contribution in [0.15, 0.2) is 47.5 Å². The minimum Gasteiger partial charge on any atom is -0.356 e. The number of aromatic amines is 1. The molecule has 1 aliphatic heterocycles. The van der Waals surface area contributed by atoms with Crippen molar-refractivity contribution in [1.82, 2.24) is 14.9 Å². The molecule has 0 spiro atoms. The van der Waals surface area contributed by atoms with Crippen molar-refractivity contribution in [1.29, 1.82) is 0 Å². The molecule has 3 heterocycles. The fourth-order valence-electron chi connectivity index (χ4n) is 4.80. The summed E-state index contributed by atoms with van der Waals surface area (Å²) >= 11 is 0. The zero-order chi connectivity index (χ0) is 25.9. The van der Waals surface area contributed by atoms with Crippen LogP contribution in [-0.4, -0.2) is 37.2 Å². The topological polar surface area (TPSA) is 104 Å². The van der Waals surface area contributed by atoms with Gasteiger partial charge in [0, 0.05) is 55.3 Å². The normalized spacial score (nSPS) is 13.0. The minimum absolute atomic E-state index is 0.0209. The van der Waals surface area contributed by atoms with Gasteiger partial charge in [0.05, 0.1) is 29.2 Å². The molecule has 11 heteroatoms. The number of halogens is 2. The predicted octanol–water partition coefficient (Wildman–Crippen LogP) is 3.37. The third-order valence-electron chi connectivity index (χ3n) is 6.25. The Hall–Kier alpha value is -3.99. The maximum atomic E-state index is 15.1. The Bertz CT molecular complexity index is 1740. The maximum absolute atomic E-state index is 15.1. The van der Waals surface area contributed by atoms with Gasteiger partial charge in [-0.15, -0.1) is 0 Å². The second-order valence-corrected chi connectivity index (χ2v) is 11.0. The van der Waals surface area contributed by atoms with Crippen molar-refractivity contribution < 1.29 is 22.0 Å². The number of fused-ring (bicyclic) bond motifs is 2. The Morgan fingerprint density at radius 1 is 1.17 bits per heavy atom. The number of aryl methyl sites for hydroxylation is 1. The summed E-state index contributed by atoms with van der Waals surface area (Å²) in [7, 11) is -0.444. The third-order valence-corrected chi connectivity index (χ3v) is 7.11. The minimum atomic E-state index is -3.46. The number of sulfone groups is 1. The summed E-state index contributed by atoms with van der Waals surface area (Å²) in [6.45, 7) is 0.0607. The molecule has 5 rings (SSSR count). The molecule has 2 aromatic heterocycles. The Labute approximate surface area is 205 Å². The van der Waals surface area contributed by atoms with E-state index in [9.17, 15) is 22.4 Å². The first-order chi connectivity index (χ1) is 17.0. The van der Waals surface area contributed by atoms with Crippen molar-refractivity contribution in [2.24, 2.45) is 7.05 Å². The third kappa shape index (κ3) is 3.85. The van der Waals surface area contributed by atoms with Gasteiger partial charge >= 0.3 is 0 Å². The molecule has 0 saturated heterocycles. The number of nitrogens with one attached hydrogen (secondary N) is 2. The predicted molar refractivity (Wildman–Crippen MR) is 133 cm³/mol. The van der Waals surface area contributed by atoms with Gasteiger partial charge in [-0.2, -0.15) is 0 Å². The fourth-order valence-corrected chi connectivity index (χ4v) is 5.57. The number of rotatable bonds is 4. The van der Waals surface area contributed by atoms with Gasteiger partial charge in [-0.3, -0.25) is 9.59 Å². The molecule has 186 valence electrons. The second-order valence-electron chi connectivity index (χ2n) is 8.89. The number of pyridine rings is 1. The maximum Gasteiger partial charge on any atom is 0.274 e. The van der Waals surface area contributed by atoms with Gasteiger partial charge in [-0.1, -0.05) is 0 Å². The first-order valence-corrected chi connectivity index (χ1v) is 13.0. The molecule has 0 saturated carbocycles. The highest BCUT2D eigenvalue weighted by molar-refractivity contribution is 7.89. The second kappa shape index (κ2) is 8.30. The number of hydrogen-bond donors (Lipinski definition) is 2. The van der Waals surface area contributed by atoms with Crippen LogP contribution in [0.3, 0.4) is 0 Å². The molecule has 0 radical (unpaired) electrons. The first kappa shape index (κ1) is 23.7. The number of H-pyrrole nitrogens is 1. The number of benzene rings is 2. The first-order valence-electron chi connectivity index (χ1n) is 11.0. The van der Waals surface area contributed by atoms with E-state index in [0.29, 0.717) is 38.8 Å². The van der Waals surface area contributed by atoms with Gasteiger partial charge in [0.25, 0.3) is 11.5 Å². The number of anilines is 2. The number of hydrogen-bond acceptors (Lipinski definition) is 5. The van der Waals surface area contributed by atoms with E-state index in [0.717, 1.165) is 18.4 Å². The monoisotopic (exact) mass is 512 g/mol. The lowest BCUT2D eigenvalue weighted by Gasteiger charge is -2.28. The number of aromatic nitrogens is 2. The van der Waals surface area contributed by atoms with Crippen LogP contribution < -0.4 is 15.8 Å². The fraction of sp³-hybridized carbons (Fsp3) is 0.200. The number of carbonyl (C=O) groups is 1. The van der Waals surface area contributed by atoms with Crippen molar-refractivity contribution in [3.05, 3.63) is 81.4 Å². The lowest BCUT2D eigenvalue weighted by Crippen LogP contribution is -2.25. The van der Waals surface area contributed by atoms with E-state index in [1.54, 1.807) is 30.4 Å². The molecule has 0 unspecified atom stereocenters. The number of nitrogens with zero attached hydrogens (tertiary/aromatic N) is 2. The van der Waals surface area contributed by atoms with Crippen molar-refractivity contribution in [2.45, 2.75) is 12.3 Å². The molecule has 1 aliphatic rings. The van der Waals surface area contributed by atoms with E-state index < -0.39 is 27.4 Å². The smallest absolute Gasteiger partial charge is 0.274 e. The average molecular weight is 513 g/mol. The molecule has 0 atom stereocenters. The zero-order valence-electron chi connectivity index (χ0n) is 19.6. The molecular weight excluding hydrogens is 490 g/mol. The molecule has 36 heavy (non-hydrogen) atoms. The summed E-state index contributed by atoms with van der Waals surface area (Å²) in [5.41, 5.74) is 2.53. The molecule has 4 aromatic rings. The van der Waals surface area contributed by atoms with Crippen LogP contribution >= 0.6 is 0 Å². The van der Waals surface area contributed by atoms with Gasteiger partial charge in [-0.25, -0.2) is 17.2 Å². The molecule has 0 fully saturated rings. The summed E-state index contributed by atoms with van der Waals surface area (Å²) < 4.78 is 54.6. The number of carbonyl (C=O) groups excluding carboxylic acids is 1. The number of amides is 1. The SMILES string of the molecule is CNC(=O)c1cc(CS(C)(=O)=O)cc2c1N(c1ccc(F)cc1F)Cc1c[nH]c3c(=O)n(C)cc-2c13. The molecule has 1 amide bonds. The Morgan fingerprint density at radius 3 is 2.58 bits per heavy atom. The van der Waals surface area contributed by atoms with Crippen LogP contribution in [0.1, 0.15) is 21.5 Å². The van der Waals surface area contributed by atoms with Crippen LogP contribution in [0, 0.1) is 11.6 Å². The van der Waals surface area contributed by atoms with Crippen LogP contribution in [-0.2, 0) is 29.2 Å². The Balaban J connectivity index is 1.95. The standard InChI is InChI=1S/C25H22F2N4O4S/c1-28-24(32)17-7-13(12-36(3,34)35)6-16-18-11-30(2)25(33)22-21(18)14(9-29-22)10-31(23(16)17)20-5-4-15(26)8-19(20)27/h4-9,11,29H,10,12H2,1-3H3,(H,28,32). The molecule has 2 aromatic carbocycles. The Morgan fingerprint density at radius 2 is 1.92 bits per heavy atom. The van der Waals surface area contributed by atoms with E-state index >= 15 is 4.39 Å². The largest absolute Gasteiger partial charge is 0.356 e. The van der Waals surface area contributed by atoms with Gasteiger partial charge in [0.2, 0.25) is 0 Å². The highest BCUT2D eigenvalue weighted by Crippen LogP contribution is 2.46. The van der Waals surface area contributed by atoms with Crippen LogP contribution in [0.25, 0.3) is 22.0 Å². The van der Waals surface area contributed by atoms with E-state index in [4.69, 9.17) is 0 Å². The van der Waals surface area contributed by atoms with Crippen LogP contribution in [0.4, 0.5) is 20.2 Å². The van der Waals surface area contributed by atoms with E-state index in [-0.39, 0.29) is 29.1 Å². The molecule has 0 bridgehead atoms. The molecule has 0 aliphatic carbocycles. The average Bonchev–Trinajstić information content (AvgIpc) is 3.17. The molecule has 8 nitrogen and oxygen atoms in total. The summed E-state index contributed by atoms with van der Waals surface area (Å²) in [4.78, 5) is 30.5. The van der Waals surface area contributed by atoms with Crippen molar-refractivity contribution >= 4 is 38.0 Å². The van der Waals surface area contributed by atoms with Crippen LogP contribution in [0.2, 0.25) is 0 Å². The molecule has 2 N–H and O–H groups in total. The van der Waals surface area contributed by atoms with Gasteiger partial charge in [0.15, 0.2) is 9.84 Å². The van der Waals surface area contributed by atoms with Crippen molar-refractivity contribution in [3.8, 4) is 11.1 Å². The zero-order valence-corrected chi connectivity index (χ0v) is 20.5. The van der Waals surface area contributed by atoms with E-state index in [1.165, 1.54) is 23.7 Å². The van der Waals surface area contributed by atoms with E-state index in [1.807, 2.05) is 0 Å². The lowest BCUT2D eigenvalue weighted by molar-refractivity contribution is 0.0963.